The number of nitrogens with zero attached hydrogens (tertiary/aromatic N) is 1. The van der Waals surface area contributed by atoms with Gasteiger partial charge in [0, 0.05) is 6.92 Å². The minimum absolute atomic E-state index is 0.327. The molecule has 0 saturated heterocycles. The third-order valence-corrected chi connectivity index (χ3v) is 2.32. The Morgan fingerprint density at radius 3 is 2.42 bits per heavy atom. The first kappa shape index (κ1) is 12.8. The number of anilines is 1. The summed E-state index contributed by atoms with van der Waals surface area (Å²) < 4.78 is 4.94. The van der Waals surface area contributed by atoms with E-state index in [2.05, 4.69) is 10.5 Å². The number of carbonyl (C=O) groups is 1. The summed E-state index contributed by atoms with van der Waals surface area (Å²) in [6.45, 7) is 1.37. The molecule has 0 bridgehead atoms. The highest BCUT2D eigenvalue weighted by atomic mass is 16.5. The van der Waals surface area contributed by atoms with Gasteiger partial charge in [-0.05, 0) is 42.0 Å². The molecule has 0 fully saturated rings. The van der Waals surface area contributed by atoms with Crippen molar-refractivity contribution in [3.05, 3.63) is 60.2 Å². The maximum Gasteiger partial charge on any atom is 0.308 e. The highest BCUT2D eigenvalue weighted by molar-refractivity contribution is 5.80. The first-order valence-corrected chi connectivity index (χ1v) is 5.86. The van der Waals surface area contributed by atoms with Crippen LogP contribution in [0.15, 0.2) is 59.7 Å². The lowest BCUT2D eigenvalue weighted by Gasteiger charge is -2.01. The summed E-state index contributed by atoms with van der Waals surface area (Å²) in [5, 5.41) is 4.12. The zero-order valence-electron chi connectivity index (χ0n) is 10.5. The number of carbonyl (C=O) groups excluding carboxylic acids is 1. The monoisotopic (exact) mass is 254 g/mol. The molecule has 0 aliphatic carbocycles. The van der Waals surface area contributed by atoms with Gasteiger partial charge >= 0.3 is 5.97 Å². The summed E-state index contributed by atoms with van der Waals surface area (Å²) in [4.78, 5) is 10.8. The zero-order chi connectivity index (χ0) is 13.5. The molecule has 0 aromatic heterocycles. The van der Waals surface area contributed by atoms with Crippen LogP contribution in [0.5, 0.6) is 5.75 Å². The number of benzene rings is 2. The SMILES string of the molecule is CC(=O)Oc1ccc(/C=N\Nc2ccccc2)cc1. The van der Waals surface area contributed by atoms with Crippen LogP contribution in [-0.2, 0) is 4.79 Å². The van der Waals surface area contributed by atoms with Crippen LogP contribution in [-0.4, -0.2) is 12.2 Å². The van der Waals surface area contributed by atoms with Gasteiger partial charge < -0.3 is 4.74 Å². The number of nitrogens with one attached hydrogen (secondary N) is 1. The fourth-order valence-electron chi connectivity index (χ4n) is 1.48. The highest BCUT2D eigenvalue weighted by Gasteiger charge is 1.96. The second-order valence-electron chi connectivity index (χ2n) is 3.90. The number of esters is 1. The van der Waals surface area contributed by atoms with Gasteiger partial charge in [-0.15, -0.1) is 0 Å². The van der Waals surface area contributed by atoms with Gasteiger partial charge in [0.15, 0.2) is 0 Å². The fourth-order valence-corrected chi connectivity index (χ4v) is 1.48. The molecular formula is C15H14N2O2. The van der Waals surface area contributed by atoms with Crippen molar-refractivity contribution < 1.29 is 9.53 Å². The molecule has 2 aromatic carbocycles. The number of hydrogen-bond acceptors (Lipinski definition) is 4. The smallest absolute Gasteiger partial charge is 0.308 e. The molecule has 0 radical (unpaired) electrons. The lowest BCUT2D eigenvalue weighted by Crippen LogP contribution is -2.01. The molecule has 0 aliphatic rings. The molecule has 19 heavy (non-hydrogen) atoms. The number of ether oxygens (including phenoxy) is 1. The van der Waals surface area contributed by atoms with Crippen molar-refractivity contribution in [2.24, 2.45) is 5.10 Å². The second-order valence-corrected chi connectivity index (χ2v) is 3.90. The largest absolute Gasteiger partial charge is 0.427 e. The third kappa shape index (κ3) is 4.27. The summed E-state index contributed by atoms with van der Waals surface area (Å²) in [6.07, 6.45) is 1.70. The van der Waals surface area contributed by atoms with Crippen molar-refractivity contribution in [2.45, 2.75) is 6.92 Å². The number of para-hydroxylation sites is 1. The predicted molar refractivity (Wildman–Crippen MR) is 75.4 cm³/mol. The Hall–Kier alpha value is -2.62. The summed E-state index contributed by atoms with van der Waals surface area (Å²) in [5.74, 6) is 0.202. The van der Waals surface area contributed by atoms with Gasteiger partial charge in [-0.1, -0.05) is 18.2 Å². The third-order valence-electron chi connectivity index (χ3n) is 2.32. The van der Waals surface area contributed by atoms with Crippen LogP contribution in [0.3, 0.4) is 0 Å². The maximum absolute atomic E-state index is 10.8. The normalized spacial score (nSPS) is 10.4. The van der Waals surface area contributed by atoms with Gasteiger partial charge in [0.05, 0.1) is 11.9 Å². The van der Waals surface area contributed by atoms with E-state index in [0.29, 0.717) is 5.75 Å². The number of hydrazone groups is 1. The van der Waals surface area contributed by atoms with E-state index in [-0.39, 0.29) is 5.97 Å². The Labute approximate surface area is 111 Å². The highest BCUT2D eigenvalue weighted by Crippen LogP contribution is 2.11. The number of hydrogen-bond donors (Lipinski definition) is 1. The Morgan fingerprint density at radius 2 is 1.79 bits per heavy atom. The lowest BCUT2D eigenvalue weighted by molar-refractivity contribution is -0.131. The maximum atomic E-state index is 10.8. The Kier molecular flexibility index (Phi) is 4.29. The van der Waals surface area contributed by atoms with Crippen LogP contribution in [0.25, 0.3) is 0 Å². The molecule has 0 spiro atoms. The van der Waals surface area contributed by atoms with Crippen LogP contribution >= 0.6 is 0 Å². The van der Waals surface area contributed by atoms with E-state index in [4.69, 9.17) is 4.74 Å². The average molecular weight is 254 g/mol. The summed E-state index contributed by atoms with van der Waals surface area (Å²) >= 11 is 0. The molecule has 0 heterocycles. The molecule has 2 aromatic rings. The van der Waals surface area contributed by atoms with E-state index in [9.17, 15) is 4.79 Å². The van der Waals surface area contributed by atoms with Crippen molar-refractivity contribution in [1.82, 2.24) is 0 Å². The molecule has 2 rings (SSSR count). The average Bonchev–Trinajstić information content (AvgIpc) is 2.41. The van der Waals surface area contributed by atoms with Crippen molar-refractivity contribution >= 4 is 17.9 Å². The minimum Gasteiger partial charge on any atom is -0.427 e. The Bertz CT molecular complexity index is 562. The molecule has 96 valence electrons. The molecule has 0 aliphatic heterocycles. The van der Waals surface area contributed by atoms with E-state index in [1.54, 1.807) is 18.3 Å². The van der Waals surface area contributed by atoms with Gasteiger partial charge in [-0.3, -0.25) is 10.2 Å². The quantitative estimate of drug-likeness (QED) is 0.395. The van der Waals surface area contributed by atoms with Crippen LogP contribution in [0.1, 0.15) is 12.5 Å². The first-order valence-electron chi connectivity index (χ1n) is 5.86. The van der Waals surface area contributed by atoms with Crippen molar-refractivity contribution in [1.29, 1.82) is 0 Å². The summed E-state index contributed by atoms with van der Waals surface area (Å²) in [5.41, 5.74) is 4.77. The van der Waals surface area contributed by atoms with Gasteiger partial charge in [-0.2, -0.15) is 5.10 Å². The molecule has 0 atom stereocenters. The van der Waals surface area contributed by atoms with Crippen molar-refractivity contribution in [3.8, 4) is 5.75 Å². The van der Waals surface area contributed by atoms with Crippen LogP contribution in [0.4, 0.5) is 5.69 Å². The van der Waals surface area contributed by atoms with Gasteiger partial charge in [-0.25, -0.2) is 0 Å². The summed E-state index contributed by atoms with van der Waals surface area (Å²) in [6, 6.07) is 16.8. The Morgan fingerprint density at radius 1 is 1.11 bits per heavy atom. The van der Waals surface area contributed by atoms with E-state index < -0.39 is 0 Å². The standard InChI is InChI=1S/C15H14N2O2/c1-12(18)19-15-9-7-13(8-10-15)11-16-17-14-5-3-2-4-6-14/h2-11,17H,1H3/b16-11-. The van der Waals surface area contributed by atoms with Gasteiger partial charge in [0.1, 0.15) is 5.75 Å². The Balaban J connectivity index is 1.94. The second kappa shape index (κ2) is 6.35. The van der Waals surface area contributed by atoms with Gasteiger partial charge in [0.2, 0.25) is 0 Å². The first-order chi connectivity index (χ1) is 9.24. The number of rotatable bonds is 4. The lowest BCUT2D eigenvalue weighted by atomic mass is 10.2. The van der Waals surface area contributed by atoms with E-state index in [0.717, 1.165) is 11.3 Å². The van der Waals surface area contributed by atoms with Gasteiger partial charge in [0.25, 0.3) is 0 Å². The topological polar surface area (TPSA) is 50.7 Å². The minimum atomic E-state index is -0.327. The molecule has 1 N–H and O–H groups in total. The molecule has 4 nitrogen and oxygen atoms in total. The van der Waals surface area contributed by atoms with E-state index in [1.165, 1.54) is 6.92 Å². The van der Waals surface area contributed by atoms with Crippen molar-refractivity contribution in [3.63, 3.8) is 0 Å². The molecular weight excluding hydrogens is 240 g/mol. The molecule has 0 amide bonds. The fraction of sp³-hybridized carbons (Fsp3) is 0.0667. The van der Waals surface area contributed by atoms with E-state index in [1.807, 2.05) is 42.5 Å². The predicted octanol–water partition coefficient (Wildman–Crippen LogP) is 3.06. The molecule has 4 heteroatoms. The molecule has 0 saturated carbocycles. The zero-order valence-corrected chi connectivity index (χ0v) is 10.5. The van der Waals surface area contributed by atoms with E-state index >= 15 is 0 Å². The van der Waals surface area contributed by atoms with Crippen LogP contribution < -0.4 is 10.2 Å². The van der Waals surface area contributed by atoms with Crippen molar-refractivity contribution in [2.75, 3.05) is 5.43 Å². The van der Waals surface area contributed by atoms with Crippen LogP contribution in [0, 0.1) is 0 Å². The van der Waals surface area contributed by atoms with Crippen LogP contribution in [0.2, 0.25) is 0 Å². The molecule has 0 unspecified atom stereocenters. The summed E-state index contributed by atoms with van der Waals surface area (Å²) in [7, 11) is 0.